The maximum atomic E-state index is 5.48. The van der Waals surface area contributed by atoms with E-state index in [1.807, 2.05) is 0 Å². The van der Waals surface area contributed by atoms with Crippen molar-refractivity contribution in [2.75, 3.05) is 0 Å². The third-order valence-corrected chi connectivity index (χ3v) is 13.2. The first kappa shape index (κ1) is 39.2. The van der Waals surface area contributed by atoms with Crippen molar-refractivity contribution in [1.29, 1.82) is 0 Å². The number of aromatic nitrogens is 5. The van der Waals surface area contributed by atoms with Crippen molar-refractivity contribution >= 4 is 43.6 Å². The van der Waals surface area contributed by atoms with Crippen molar-refractivity contribution < 1.29 is 0 Å². The lowest BCUT2D eigenvalue weighted by molar-refractivity contribution is 0.955. The molecule has 0 saturated carbocycles. The van der Waals surface area contributed by atoms with Gasteiger partial charge >= 0.3 is 0 Å². The van der Waals surface area contributed by atoms with Gasteiger partial charge in [0, 0.05) is 38.4 Å². The number of fused-ring (bicyclic) bond motifs is 7. The number of rotatable bonds is 8. The maximum absolute atomic E-state index is 5.48. The van der Waals surface area contributed by atoms with Gasteiger partial charge < -0.3 is 4.57 Å². The van der Waals surface area contributed by atoms with Gasteiger partial charge in [0.15, 0.2) is 11.6 Å². The molecule has 0 amide bonds. The van der Waals surface area contributed by atoms with E-state index < -0.39 is 0 Å². The standard InChI is InChI=1S/C63H41N5/c1-4-18-42(19-5-1)44-22-14-24-46(38-44)48-26-16-28-50(40-48)61-64-62(51-29-17-27-49(41-51)47-25-15-23-45(39-47)43-20-6-2-7-21-43)66-63(65-61)68-56-34-12-10-32-53(56)54-36-37-58-59(60(54)68)55-33-11-13-35-57(55)67(58)52-30-8-3-9-31-52/h1-41H. The fourth-order valence-electron chi connectivity index (χ4n) is 9.99. The summed E-state index contributed by atoms with van der Waals surface area (Å²) in [7, 11) is 0. The molecule has 318 valence electrons. The smallest absolute Gasteiger partial charge is 0.238 e. The van der Waals surface area contributed by atoms with E-state index in [0.29, 0.717) is 17.6 Å². The molecule has 5 nitrogen and oxygen atoms in total. The van der Waals surface area contributed by atoms with E-state index in [0.717, 1.165) is 82.7 Å². The molecular formula is C63H41N5. The fraction of sp³-hybridized carbons (Fsp3) is 0. The summed E-state index contributed by atoms with van der Waals surface area (Å²) >= 11 is 0. The van der Waals surface area contributed by atoms with Gasteiger partial charge in [-0.25, -0.2) is 4.98 Å². The minimum Gasteiger partial charge on any atom is -0.309 e. The summed E-state index contributed by atoms with van der Waals surface area (Å²) in [5, 5.41) is 4.56. The molecule has 68 heavy (non-hydrogen) atoms. The summed E-state index contributed by atoms with van der Waals surface area (Å²) in [4.78, 5) is 16.3. The summed E-state index contributed by atoms with van der Waals surface area (Å²) < 4.78 is 4.64. The Morgan fingerprint density at radius 3 is 1.18 bits per heavy atom. The molecule has 0 unspecified atom stereocenters. The van der Waals surface area contributed by atoms with Crippen LogP contribution >= 0.6 is 0 Å². The van der Waals surface area contributed by atoms with E-state index in [4.69, 9.17) is 15.0 Å². The summed E-state index contributed by atoms with van der Waals surface area (Å²) in [6.45, 7) is 0. The van der Waals surface area contributed by atoms with Crippen LogP contribution in [0.15, 0.2) is 249 Å². The Morgan fingerprint density at radius 1 is 0.250 bits per heavy atom. The molecule has 13 rings (SSSR count). The van der Waals surface area contributed by atoms with Crippen LogP contribution in [-0.4, -0.2) is 24.1 Å². The normalized spacial score (nSPS) is 11.5. The quantitative estimate of drug-likeness (QED) is 0.153. The van der Waals surface area contributed by atoms with E-state index in [9.17, 15) is 0 Å². The highest BCUT2D eigenvalue weighted by Gasteiger charge is 2.23. The van der Waals surface area contributed by atoms with E-state index in [1.165, 1.54) is 22.3 Å². The summed E-state index contributed by atoms with van der Waals surface area (Å²) in [5.41, 5.74) is 16.3. The van der Waals surface area contributed by atoms with Crippen LogP contribution in [0.4, 0.5) is 0 Å². The van der Waals surface area contributed by atoms with Crippen LogP contribution in [0.2, 0.25) is 0 Å². The molecule has 0 aliphatic rings. The number of para-hydroxylation sites is 3. The second kappa shape index (κ2) is 16.4. The van der Waals surface area contributed by atoms with Crippen LogP contribution in [0.1, 0.15) is 0 Å². The Labute approximate surface area is 393 Å². The predicted molar refractivity (Wildman–Crippen MR) is 281 cm³/mol. The first-order valence-electron chi connectivity index (χ1n) is 23.0. The van der Waals surface area contributed by atoms with Crippen molar-refractivity contribution in [3.8, 4) is 78.9 Å². The van der Waals surface area contributed by atoms with Crippen LogP contribution in [0, 0.1) is 0 Å². The van der Waals surface area contributed by atoms with Gasteiger partial charge in [0.05, 0.1) is 22.1 Å². The lowest BCUT2D eigenvalue weighted by Gasteiger charge is -2.13. The maximum Gasteiger partial charge on any atom is 0.238 e. The molecule has 5 heteroatoms. The lowest BCUT2D eigenvalue weighted by atomic mass is 9.97. The minimum absolute atomic E-state index is 0.549. The summed E-state index contributed by atoms with van der Waals surface area (Å²) in [5.74, 6) is 1.73. The Morgan fingerprint density at radius 2 is 0.647 bits per heavy atom. The Balaban J connectivity index is 1.05. The Hall–Kier alpha value is -9.19. The third kappa shape index (κ3) is 6.76. The Bertz CT molecular complexity index is 3870. The summed E-state index contributed by atoms with van der Waals surface area (Å²) in [6, 6.07) is 88.1. The zero-order valence-corrected chi connectivity index (χ0v) is 36.9. The number of nitrogens with zero attached hydrogens (tertiary/aromatic N) is 5. The van der Waals surface area contributed by atoms with Crippen molar-refractivity contribution in [2.24, 2.45) is 0 Å². The first-order valence-corrected chi connectivity index (χ1v) is 23.0. The van der Waals surface area contributed by atoms with Gasteiger partial charge in [-0.05, 0) is 99.1 Å². The molecular weight excluding hydrogens is 827 g/mol. The molecule has 0 atom stereocenters. The fourth-order valence-corrected chi connectivity index (χ4v) is 9.99. The molecule has 0 radical (unpaired) electrons. The zero-order chi connectivity index (χ0) is 45.0. The van der Waals surface area contributed by atoms with Crippen LogP contribution in [-0.2, 0) is 0 Å². The average Bonchev–Trinajstić information content (AvgIpc) is 3.95. The van der Waals surface area contributed by atoms with Gasteiger partial charge in [0.25, 0.3) is 0 Å². The highest BCUT2D eigenvalue weighted by Crippen LogP contribution is 2.42. The largest absolute Gasteiger partial charge is 0.309 e. The van der Waals surface area contributed by atoms with Gasteiger partial charge in [-0.2, -0.15) is 9.97 Å². The highest BCUT2D eigenvalue weighted by molar-refractivity contribution is 6.26. The molecule has 0 fully saturated rings. The van der Waals surface area contributed by atoms with Crippen LogP contribution < -0.4 is 0 Å². The second-order valence-corrected chi connectivity index (χ2v) is 17.2. The van der Waals surface area contributed by atoms with Crippen LogP contribution in [0.25, 0.3) is 123 Å². The SMILES string of the molecule is c1ccc(-c2cccc(-c3cccc(-c4nc(-c5cccc(-c6cccc(-c7ccccc7)c6)c5)nc(-n5c6ccccc6c6ccc7c(c8ccccc8n7-c7ccccc7)c65)n4)c3)c2)cc1. The van der Waals surface area contributed by atoms with Crippen LogP contribution in [0.5, 0.6) is 0 Å². The molecule has 13 aromatic rings. The van der Waals surface area contributed by atoms with Gasteiger partial charge in [-0.15, -0.1) is 0 Å². The van der Waals surface area contributed by atoms with E-state index in [2.05, 4.69) is 258 Å². The number of hydrogen-bond acceptors (Lipinski definition) is 3. The highest BCUT2D eigenvalue weighted by atomic mass is 15.2. The molecule has 0 N–H and O–H groups in total. The molecule has 0 saturated heterocycles. The topological polar surface area (TPSA) is 48.5 Å². The molecule has 0 aliphatic heterocycles. The van der Waals surface area contributed by atoms with E-state index in [-0.39, 0.29) is 0 Å². The summed E-state index contributed by atoms with van der Waals surface area (Å²) in [6.07, 6.45) is 0. The second-order valence-electron chi connectivity index (χ2n) is 17.2. The number of hydrogen-bond donors (Lipinski definition) is 0. The van der Waals surface area contributed by atoms with Gasteiger partial charge in [0.2, 0.25) is 5.95 Å². The van der Waals surface area contributed by atoms with Crippen molar-refractivity contribution in [1.82, 2.24) is 24.1 Å². The van der Waals surface area contributed by atoms with Gasteiger partial charge in [-0.1, -0.05) is 194 Å². The third-order valence-electron chi connectivity index (χ3n) is 13.2. The molecule has 0 aliphatic carbocycles. The van der Waals surface area contributed by atoms with Crippen molar-refractivity contribution in [3.05, 3.63) is 249 Å². The zero-order valence-electron chi connectivity index (χ0n) is 36.9. The number of benzene rings is 10. The Kier molecular flexibility index (Phi) is 9.43. The average molecular weight is 868 g/mol. The lowest BCUT2D eigenvalue weighted by Crippen LogP contribution is -2.06. The minimum atomic E-state index is 0.549. The van der Waals surface area contributed by atoms with Gasteiger partial charge in [0.1, 0.15) is 0 Å². The molecule has 3 aromatic heterocycles. The van der Waals surface area contributed by atoms with Crippen LogP contribution in [0.3, 0.4) is 0 Å². The van der Waals surface area contributed by atoms with Gasteiger partial charge in [-0.3, -0.25) is 4.57 Å². The first-order chi connectivity index (χ1) is 33.7. The molecule has 0 spiro atoms. The van der Waals surface area contributed by atoms with E-state index >= 15 is 0 Å². The van der Waals surface area contributed by atoms with Crippen molar-refractivity contribution in [3.63, 3.8) is 0 Å². The molecule has 3 heterocycles. The van der Waals surface area contributed by atoms with Crippen molar-refractivity contribution in [2.45, 2.75) is 0 Å². The molecule has 0 bridgehead atoms. The molecule has 10 aromatic carbocycles. The van der Waals surface area contributed by atoms with E-state index in [1.54, 1.807) is 0 Å². The predicted octanol–water partition coefficient (Wildman–Crippen LogP) is 16.1. The monoisotopic (exact) mass is 867 g/mol.